The molecule has 0 heterocycles. The Morgan fingerprint density at radius 2 is 1.87 bits per heavy atom. The van der Waals surface area contributed by atoms with Crippen molar-refractivity contribution in [2.75, 3.05) is 20.1 Å². The number of esters is 1. The predicted molar refractivity (Wildman–Crippen MR) is 94.7 cm³/mol. The summed E-state index contributed by atoms with van der Waals surface area (Å²) in [5, 5.41) is 6.45. The molecule has 0 aliphatic rings. The van der Waals surface area contributed by atoms with E-state index in [4.69, 9.17) is 4.74 Å². The average Bonchev–Trinajstić information content (AvgIpc) is 2.50. The first kappa shape index (κ1) is 19.0. The first-order valence-corrected chi connectivity index (χ1v) is 8.04. The van der Waals surface area contributed by atoms with Gasteiger partial charge in [0.2, 0.25) is 0 Å². The number of carbonyl (C=O) groups is 1. The Morgan fingerprint density at radius 3 is 2.43 bits per heavy atom. The molecule has 0 aromatic heterocycles. The van der Waals surface area contributed by atoms with Crippen molar-refractivity contribution in [2.45, 2.75) is 45.6 Å². The number of rotatable bonds is 7. The zero-order valence-electron chi connectivity index (χ0n) is 14.8. The number of nitrogens with zero attached hydrogens (tertiary/aromatic N) is 1. The number of hydrogen-bond acceptors (Lipinski definition) is 3. The first-order valence-electron chi connectivity index (χ1n) is 8.04. The summed E-state index contributed by atoms with van der Waals surface area (Å²) in [4.78, 5) is 15.7. The maximum Gasteiger partial charge on any atom is 0.307 e. The number of hydrogen-bond donors (Lipinski definition) is 2. The molecular weight excluding hydrogens is 290 g/mol. The number of nitrogens with one attached hydrogen (secondary N) is 2. The van der Waals surface area contributed by atoms with Crippen LogP contribution in [0.4, 0.5) is 0 Å². The van der Waals surface area contributed by atoms with Crippen molar-refractivity contribution < 1.29 is 9.53 Å². The molecule has 0 saturated carbocycles. The predicted octanol–water partition coefficient (Wildman–Crippen LogP) is 2.47. The van der Waals surface area contributed by atoms with Crippen LogP contribution in [0.25, 0.3) is 0 Å². The second-order valence-electron chi connectivity index (χ2n) is 6.39. The molecule has 0 aliphatic carbocycles. The third-order valence-electron chi connectivity index (χ3n) is 3.47. The Kier molecular flexibility index (Phi) is 7.59. The zero-order chi connectivity index (χ0) is 17.3. The summed E-state index contributed by atoms with van der Waals surface area (Å²) in [6.45, 7) is 9.30. The second kappa shape index (κ2) is 9.18. The molecule has 5 nitrogen and oxygen atoms in total. The molecule has 2 N–H and O–H groups in total. The minimum Gasteiger partial charge on any atom is -0.463 e. The lowest BCUT2D eigenvalue weighted by molar-refractivity contribution is -0.147. The molecule has 1 rings (SSSR count). The highest BCUT2D eigenvalue weighted by Crippen LogP contribution is 2.21. The van der Waals surface area contributed by atoms with Gasteiger partial charge in [-0.3, -0.25) is 9.79 Å². The first-order chi connectivity index (χ1) is 10.8. The van der Waals surface area contributed by atoms with Crippen molar-refractivity contribution in [1.82, 2.24) is 10.6 Å². The van der Waals surface area contributed by atoms with E-state index in [9.17, 15) is 4.79 Å². The summed E-state index contributed by atoms with van der Waals surface area (Å²) in [6.07, 6.45) is 0.243. The van der Waals surface area contributed by atoms with Gasteiger partial charge in [0.25, 0.3) is 0 Å². The van der Waals surface area contributed by atoms with Crippen LogP contribution < -0.4 is 10.6 Å². The number of aliphatic imine (C=N–C) groups is 1. The lowest BCUT2D eigenvalue weighted by atomic mass is 9.85. The van der Waals surface area contributed by atoms with Crippen LogP contribution in [0.5, 0.6) is 0 Å². The van der Waals surface area contributed by atoms with Crippen LogP contribution in [0.2, 0.25) is 0 Å². The van der Waals surface area contributed by atoms with Gasteiger partial charge in [0, 0.05) is 25.6 Å². The van der Waals surface area contributed by atoms with E-state index in [1.54, 1.807) is 7.05 Å². The van der Waals surface area contributed by atoms with E-state index in [-0.39, 0.29) is 17.5 Å². The smallest absolute Gasteiger partial charge is 0.307 e. The largest absolute Gasteiger partial charge is 0.463 e. The third kappa shape index (κ3) is 7.17. The fourth-order valence-electron chi connectivity index (χ4n) is 2.12. The summed E-state index contributed by atoms with van der Waals surface area (Å²) in [5.41, 5.74) is 1.25. The third-order valence-corrected chi connectivity index (χ3v) is 3.47. The fourth-order valence-corrected chi connectivity index (χ4v) is 2.12. The Morgan fingerprint density at radius 1 is 1.22 bits per heavy atom. The summed E-state index contributed by atoms with van der Waals surface area (Å²) in [5.74, 6) is 0.485. The van der Waals surface area contributed by atoms with Crippen LogP contribution in [0.15, 0.2) is 35.3 Å². The van der Waals surface area contributed by atoms with Crippen molar-refractivity contribution in [3.05, 3.63) is 35.9 Å². The molecule has 1 aromatic carbocycles. The molecule has 23 heavy (non-hydrogen) atoms. The normalized spacial score (nSPS) is 12.2. The van der Waals surface area contributed by atoms with Crippen molar-refractivity contribution >= 4 is 11.9 Å². The number of guanidine groups is 1. The Bertz CT molecular complexity index is 510. The molecule has 0 aliphatic heterocycles. The molecule has 128 valence electrons. The average molecular weight is 319 g/mol. The van der Waals surface area contributed by atoms with Gasteiger partial charge in [-0.25, -0.2) is 0 Å². The molecule has 5 heteroatoms. The topological polar surface area (TPSA) is 62.7 Å². The molecule has 0 bridgehead atoms. The second-order valence-corrected chi connectivity index (χ2v) is 6.39. The molecule has 0 atom stereocenters. The SMILES string of the molecule is CN=C(NCCC(=O)OC(C)C)NCC(C)(C)c1ccccc1. The van der Waals surface area contributed by atoms with E-state index >= 15 is 0 Å². The molecular formula is C18H29N3O2. The van der Waals surface area contributed by atoms with Gasteiger partial charge >= 0.3 is 5.97 Å². The van der Waals surface area contributed by atoms with Gasteiger partial charge in [0.05, 0.1) is 12.5 Å². The Labute approximate surface area is 139 Å². The van der Waals surface area contributed by atoms with E-state index in [0.29, 0.717) is 18.9 Å². The van der Waals surface area contributed by atoms with Gasteiger partial charge in [-0.15, -0.1) is 0 Å². The van der Waals surface area contributed by atoms with Crippen LogP contribution in [0.3, 0.4) is 0 Å². The molecule has 1 aromatic rings. The fraction of sp³-hybridized carbons (Fsp3) is 0.556. The van der Waals surface area contributed by atoms with Crippen molar-refractivity contribution in [3.63, 3.8) is 0 Å². The van der Waals surface area contributed by atoms with E-state index in [1.807, 2.05) is 32.0 Å². The number of ether oxygens (including phenoxy) is 1. The maximum atomic E-state index is 11.5. The molecule has 0 fully saturated rings. The standard InChI is InChI=1S/C18H29N3O2/c1-14(2)23-16(22)11-12-20-17(19-5)21-13-18(3,4)15-9-7-6-8-10-15/h6-10,14H,11-13H2,1-5H3,(H2,19,20,21). The van der Waals surface area contributed by atoms with Crippen LogP contribution in [-0.4, -0.2) is 38.2 Å². The molecule has 0 spiro atoms. The van der Waals surface area contributed by atoms with Gasteiger partial charge in [-0.2, -0.15) is 0 Å². The summed E-state index contributed by atoms with van der Waals surface area (Å²) < 4.78 is 5.10. The highest BCUT2D eigenvalue weighted by molar-refractivity contribution is 5.80. The Hall–Kier alpha value is -2.04. The highest BCUT2D eigenvalue weighted by Gasteiger charge is 2.20. The molecule has 0 amide bonds. The molecule has 0 radical (unpaired) electrons. The van der Waals surface area contributed by atoms with Gasteiger partial charge in [-0.05, 0) is 19.4 Å². The molecule has 0 saturated heterocycles. The van der Waals surface area contributed by atoms with Crippen LogP contribution >= 0.6 is 0 Å². The van der Waals surface area contributed by atoms with Crippen molar-refractivity contribution in [1.29, 1.82) is 0 Å². The van der Waals surface area contributed by atoms with Gasteiger partial charge in [0.15, 0.2) is 5.96 Å². The van der Waals surface area contributed by atoms with Crippen LogP contribution in [0, 0.1) is 0 Å². The summed E-state index contributed by atoms with van der Waals surface area (Å²) in [7, 11) is 1.72. The number of benzene rings is 1. The van der Waals surface area contributed by atoms with E-state index in [2.05, 4.69) is 41.6 Å². The van der Waals surface area contributed by atoms with Crippen LogP contribution in [0.1, 0.15) is 39.7 Å². The van der Waals surface area contributed by atoms with E-state index < -0.39 is 0 Å². The minimum atomic E-state index is -0.201. The van der Waals surface area contributed by atoms with Gasteiger partial charge in [-0.1, -0.05) is 44.2 Å². The van der Waals surface area contributed by atoms with Crippen molar-refractivity contribution in [3.8, 4) is 0 Å². The summed E-state index contributed by atoms with van der Waals surface area (Å²) >= 11 is 0. The Balaban J connectivity index is 2.41. The lowest BCUT2D eigenvalue weighted by Gasteiger charge is -2.26. The number of carbonyl (C=O) groups excluding carboxylic acids is 1. The lowest BCUT2D eigenvalue weighted by Crippen LogP contribution is -2.44. The van der Waals surface area contributed by atoms with E-state index in [0.717, 1.165) is 6.54 Å². The minimum absolute atomic E-state index is 0.0184. The molecule has 0 unspecified atom stereocenters. The van der Waals surface area contributed by atoms with Gasteiger partial charge < -0.3 is 15.4 Å². The van der Waals surface area contributed by atoms with Gasteiger partial charge in [0.1, 0.15) is 0 Å². The summed E-state index contributed by atoms with van der Waals surface area (Å²) in [6, 6.07) is 10.4. The van der Waals surface area contributed by atoms with Crippen molar-refractivity contribution in [2.24, 2.45) is 4.99 Å². The zero-order valence-corrected chi connectivity index (χ0v) is 14.8. The van der Waals surface area contributed by atoms with E-state index in [1.165, 1.54) is 5.56 Å². The monoisotopic (exact) mass is 319 g/mol. The van der Waals surface area contributed by atoms with Crippen LogP contribution in [-0.2, 0) is 14.9 Å². The highest BCUT2D eigenvalue weighted by atomic mass is 16.5. The maximum absolute atomic E-state index is 11.5. The quantitative estimate of drug-likeness (QED) is 0.460.